The Morgan fingerprint density at radius 2 is 1.76 bits per heavy atom. The third kappa shape index (κ3) is 3.41. The van der Waals surface area contributed by atoms with Crippen molar-refractivity contribution in [2.24, 2.45) is 7.05 Å². The van der Waals surface area contributed by atoms with Gasteiger partial charge < -0.3 is 4.74 Å². The van der Waals surface area contributed by atoms with Gasteiger partial charge in [0.2, 0.25) is 0 Å². The number of esters is 1. The number of carbonyl (C=O) groups is 1. The standard InChI is InChI=1S/C14H14NO2/c1-15-9-7-12(8-10-15)11-14(16)17-13-5-3-2-4-6-13/h2-10H,11H2,1H3/q+1. The average Bonchev–Trinajstić information content (AvgIpc) is 2.33. The first-order valence-corrected chi connectivity index (χ1v) is 5.44. The topological polar surface area (TPSA) is 30.2 Å². The van der Waals surface area contributed by atoms with E-state index in [0.29, 0.717) is 5.75 Å². The van der Waals surface area contributed by atoms with Gasteiger partial charge in [-0.2, -0.15) is 0 Å². The lowest BCUT2D eigenvalue weighted by Gasteiger charge is -2.03. The monoisotopic (exact) mass is 228 g/mol. The van der Waals surface area contributed by atoms with Crippen molar-refractivity contribution in [3.8, 4) is 5.75 Å². The van der Waals surface area contributed by atoms with Crippen molar-refractivity contribution >= 4 is 5.97 Å². The van der Waals surface area contributed by atoms with Crippen molar-refractivity contribution in [3.63, 3.8) is 0 Å². The van der Waals surface area contributed by atoms with Gasteiger partial charge in [-0.15, -0.1) is 0 Å². The van der Waals surface area contributed by atoms with E-state index >= 15 is 0 Å². The van der Waals surface area contributed by atoms with Crippen LogP contribution in [-0.4, -0.2) is 5.97 Å². The molecular weight excluding hydrogens is 214 g/mol. The van der Waals surface area contributed by atoms with Gasteiger partial charge in [-0.3, -0.25) is 4.79 Å². The second-order valence-electron chi connectivity index (χ2n) is 3.84. The van der Waals surface area contributed by atoms with Crippen LogP contribution < -0.4 is 9.30 Å². The van der Waals surface area contributed by atoms with Crippen LogP contribution in [0.3, 0.4) is 0 Å². The Kier molecular flexibility index (Phi) is 3.50. The fourth-order valence-corrected chi connectivity index (χ4v) is 1.47. The van der Waals surface area contributed by atoms with Crippen LogP contribution in [-0.2, 0) is 18.3 Å². The van der Waals surface area contributed by atoms with E-state index in [1.165, 1.54) is 0 Å². The maximum Gasteiger partial charge on any atom is 0.315 e. The highest BCUT2D eigenvalue weighted by Crippen LogP contribution is 2.09. The maximum absolute atomic E-state index is 11.6. The molecule has 86 valence electrons. The number of hydrogen-bond acceptors (Lipinski definition) is 2. The lowest BCUT2D eigenvalue weighted by molar-refractivity contribution is -0.671. The van der Waals surface area contributed by atoms with E-state index in [-0.39, 0.29) is 12.4 Å². The Morgan fingerprint density at radius 1 is 1.12 bits per heavy atom. The Hall–Kier alpha value is -2.16. The van der Waals surface area contributed by atoms with Crippen LogP contribution >= 0.6 is 0 Å². The summed E-state index contributed by atoms with van der Waals surface area (Å²) < 4.78 is 7.13. The Labute approximate surface area is 100 Å². The van der Waals surface area contributed by atoms with E-state index in [2.05, 4.69) is 0 Å². The van der Waals surface area contributed by atoms with Crippen LogP contribution in [0.15, 0.2) is 54.9 Å². The molecule has 0 saturated carbocycles. The minimum Gasteiger partial charge on any atom is -0.426 e. The van der Waals surface area contributed by atoms with Gasteiger partial charge in [0.1, 0.15) is 12.8 Å². The minimum atomic E-state index is -0.245. The van der Waals surface area contributed by atoms with Crippen LogP contribution in [0.2, 0.25) is 0 Å². The number of aryl methyl sites for hydroxylation is 1. The molecule has 0 bridgehead atoms. The molecule has 0 aliphatic rings. The molecule has 2 aromatic rings. The molecule has 0 aliphatic heterocycles. The molecule has 0 radical (unpaired) electrons. The third-order valence-electron chi connectivity index (χ3n) is 2.37. The second kappa shape index (κ2) is 5.25. The van der Waals surface area contributed by atoms with Crippen molar-refractivity contribution in [2.75, 3.05) is 0 Å². The number of aromatic nitrogens is 1. The maximum atomic E-state index is 11.6. The number of rotatable bonds is 3. The molecule has 0 aliphatic carbocycles. The van der Waals surface area contributed by atoms with Gasteiger partial charge >= 0.3 is 5.97 Å². The first-order valence-electron chi connectivity index (χ1n) is 5.44. The highest BCUT2D eigenvalue weighted by atomic mass is 16.5. The molecule has 17 heavy (non-hydrogen) atoms. The van der Waals surface area contributed by atoms with Gasteiger partial charge in [-0.1, -0.05) is 18.2 Å². The van der Waals surface area contributed by atoms with Crippen LogP contribution in [0.1, 0.15) is 5.56 Å². The Bertz CT molecular complexity index is 491. The molecule has 0 unspecified atom stereocenters. The zero-order valence-corrected chi connectivity index (χ0v) is 9.67. The first-order chi connectivity index (χ1) is 8.24. The van der Waals surface area contributed by atoms with Crippen molar-refractivity contribution < 1.29 is 14.1 Å². The summed E-state index contributed by atoms with van der Waals surface area (Å²) in [6.45, 7) is 0. The molecule has 1 heterocycles. The van der Waals surface area contributed by atoms with Crippen LogP contribution in [0.25, 0.3) is 0 Å². The van der Waals surface area contributed by atoms with Gasteiger partial charge in [-0.05, 0) is 17.7 Å². The van der Waals surface area contributed by atoms with E-state index in [1.54, 1.807) is 12.1 Å². The SMILES string of the molecule is C[n+]1ccc(CC(=O)Oc2ccccc2)cc1. The molecule has 0 fully saturated rings. The van der Waals surface area contributed by atoms with Crippen LogP contribution in [0.5, 0.6) is 5.75 Å². The van der Waals surface area contributed by atoms with Gasteiger partial charge in [-0.25, -0.2) is 4.57 Å². The molecule has 1 aromatic heterocycles. The summed E-state index contributed by atoms with van der Waals surface area (Å²) in [6.07, 6.45) is 4.10. The number of hydrogen-bond donors (Lipinski definition) is 0. The number of carbonyl (C=O) groups excluding carboxylic acids is 1. The van der Waals surface area contributed by atoms with E-state index < -0.39 is 0 Å². The van der Waals surface area contributed by atoms with E-state index in [0.717, 1.165) is 5.56 Å². The number of ether oxygens (including phenoxy) is 1. The molecule has 0 spiro atoms. The van der Waals surface area contributed by atoms with Gasteiger partial charge in [0.25, 0.3) is 0 Å². The number of pyridine rings is 1. The quantitative estimate of drug-likeness (QED) is 0.454. The zero-order valence-electron chi connectivity index (χ0n) is 9.67. The lowest BCUT2D eigenvalue weighted by atomic mass is 10.2. The van der Waals surface area contributed by atoms with Crippen molar-refractivity contribution in [3.05, 3.63) is 60.4 Å². The highest BCUT2D eigenvalue weighted by Gasteiger charge is 2.06. The molecular formula is C14H14NO2+. The molecule has 0 saturated heterocycles. The normalized spacial score (nSPS) is 9.94. The molecule has 2 rings (SSSR count). The van der Waals surface area contributed by atoms with Gasteiger partial charge in [0.05, 0.1) is 6.42 Å². The average molecular weight is 228 g/mol. The van der Waals surface area contributed by atoms with Gasteiger partial charge in [0, 0.05) is 12.1 Å². The predicted molar refractivity (Wildman–Crippen MR) is 63.4 cm³/mol. The Morgan fingerprint density at radius 3 is 2.41 bits per heavy atom. The Balaban J connectivity index is 1.96. The molecule has 0 amide bonds. The summed E-state index contributed by atoms with van der Waals surface area (Å²) in [6, 6.07) is 12.9. The first kappa shape index (κ1) is 11.3. The van der Waals surface area contributed by atoms with E-state index in [4.69, 9.17) is 4.74 Å². The van der Waals surface area contributed by atoms with Crippen molar-refractivity contribution in [2.45, 2.75) is 6.42 Å². The minimum absolute atomic E-state index is 0.245. The summed E-state index contributed by atoms with van der Waals surface area (Å²) >= 11 is 0. The molecule has 0 atom stereocenters. The van der Waals surface area contributed by atoms with Crippen LogP contribution in [0, 0.1) is 0 Å². The van der Waals surface area contributed by atoms with Crippen LogP contribution in [0.4, 0.5) is 0 Å². The van der Waals surface area contributed by atoms with E-state index in [9.17, 15) is 4.79 Å². The summed E-state index contributed by atoms with van der Waals surface area (Å²) in [5.74, 6) is 0.337. The predicted octanol–water partition coefficient (Wildman–Crippen LogP) is 1.66. The van der Waals surface area contributed by atoms with Gasteiger partial charge in [0.15, 0.2) is 12.4 Å². The number of benzene rings is 1. The third-order valence-corrected chi connectivity index (χ3v) is 2.37. The van der Waals surface area contributed by atoms with Crippen molar-refractivity contribution in [1.82, 2.24) is 0 Å². The molecule has 0 N–H and O–H groups in total. The largest absolute Gasteiger partial charge is 0.426 e. The zero-order chi connectivity index (χ0) is 12.1. The summed E-state index contributed by atoms with van der Waals surface area (Å²) in [4.78, 5) is 11.6. The smallest absolute Gasteiger partial charge is 0.315 e. The number of para-hydroxylation sites is 1. The number of nitrogens with zero attached hydrogens (tertiary/aromatic N) is 1. The molecule has 1 aromatic carbocycles. The van der Waals surface area contributed by atoms with Crippen molar-refractivity contribution in [1.29, 1.82) is 0 Å². The summed E-state index contributed by atoms with van der Waals surface area (Å²) in [5, 5.41) is 0. The second-order valence-corrected chi connectivity index (χ2v) is 3.84. The highest BCUT2D eigenvalue weighted by molar-refractivity contribution is 5.74. The fraction of sp³-hybridized carbons (Fsp3) is 0.143. The lowest BCUT2D eigenvalue weighted by Crippen LogP contribution is -2.26. The summed E-state index contributed by atoms with van der Waals surface area (Å²) in [7, 11) is 1.94. The summed E-state index contributed by atoms with van der Waals surface area (Å²) in [5.41, 5.74) is 0.948. The van der Waals surface area contributed by atoms with E-state index in [1.807, 2.05) is 54.3 Å². The molecule has 3 heteroatoms. The molecule has 3 nitrogen and oxygen atoms in total. The fourth-order valence-electron chi connectivity index (χ4n) is 1.47.